The standard InChI is InChI=1S/C14H17BrClNO3/c1-3-14(4-2)12(16)8-13(14)20-11-6-9(15)5-10(7-11)17(18)19/h5-7,12-13H,3-4,8H2,1-2H3. The van der Waals surface area contributed by atoms with E-state index in [9.17, 15) is 10.1 Å². The Morgan fingerprint density at radius 1 is 1.45 bits per heavy atom. The molecule has 6 heteroatoms. The zero-order chi connectivity index (χ0) is 14.9. The smallest absolute Gasteiger partial charge is 0.274 e. The lowest BCUT2D eigenvalue weighted by Gasteiger charge is -2.52. The zero-order valence-electron chi connectivity index (χ0n) is 11.4. The molecule has 0 saturated heterocycles. The number of hydrogen-bond acceptors (Lipinski definition) is 3. The first-order valence-corrected chi connectivity index (χ1v) is 7.91. The fraction of sp³-hybridized carbons (Fsp3) is 0.571. The normalized spacial score (nSPS) is 24.0. The molecule has 1 aliphatic rings. The van der Waals surface area contributed by atoms with Crippen molar-refractivity contribution in [3.05, 3.63) is 32.8 Å². The molecule has 1 aromatic carbocycles. The highest BCUT2D eigenvalue weighted by Gasteiger charge is 2.53. The van der Waals surface area contributed by atoms with Crippen molar-refractivity contribution in [3.8, 4) is 5.75 Å². The van der Waals surface area contributed by atoms with E-state index in [-0.39, 0.29) is 22.6 Å². The highest BCUT2D eigenvalue weighted by atomic mass is 79.9. The fourth-order valence-corrected chi connectivity index (χ4v) is 3.97. The van der Waals surface area contributed by atoms with Gasteiger partial charge in [0, 0.05) is 27.8 Å². The topological polar surface area (TPSA) is 52.4 Å². The van der Waals surface area contributed by atoms with Crippen LogP contribution in [-0.2, 0) is 0 Å². The number of nitro groups is 1. The van der Waals surface area contributed by atoms with E-state index in [1.807, 2.05) is 0 Å². The molecule has 2 unspecified atom stereocenters. The van der Waals surface area contributed by atoms with Crippen LogP contribution >= 0.6 is 27.5 Å². The first-order chi connectivity index (χ1) is 9.42. The Bertz CT molecular complexity index is 519. The van der Waals surface area contributed by atoms with E-state index >= 15 is 0 Å². The van der Waals surface area contributed by atoms with Crippen LogP contribution < -0.4 is 4.74 Å². The summed E-state index contributed by atoms with van der Waals surface area (Å²) in [7, 11) is 0. The van der Waals surface area contributed by atoms with Gasteiger partial charge < -0.3 is 4.74 Å². The maximum absolute atomic E-state index is 10.9. The number of halogens is 2. The molecule has 0 spiro atoms. The van der Waals surface area contributed by atoms with E-state index < -0.39 is 4.92 Å². The van der Waals surface area contributed by atoms with Gasteiger partial charge >= 0.3 is 0 Å². The third-order valence-electron chi connectivity index (χ3n) is 4.35. The molecule has 4 nitrogen and oxygen atoms in total. The summed E-state index contributed by atoms with van der Waals surface area (Å²) in [4.78, 5) is 10.5. The van der Waals surface area contributed by atoms with Gasteiger partial charge in [0.05, 0.1) is 11.0 Å². The highest BCUT2D eigenvalue weighted by Crippen LogP contribution is 2.52. The van der Waals surface area contributed by atoms with Gasteiger partial charge in [0.25, 0.3) is 5.69 Å². The van der Waals surface area contributed by atoms with Crippen molar-refractivity contribution in [1.29, 1.82) is 0 Å². The lowest BCUT2D eigenvalue weighted by Crippen LogP contribution is -2.56. The minimum atomic E-state index is -0.421. The molecule has 0 heterocycles. The molecule has 1 aliphatic carbocycles. The van der Waals surface area contributed by atoms with Crippen molar-refractivity contribution < 1.29 is 9.66 Å². The monoisotopic (exact) mass is 361 g/mol. The van der Waals surface area contributed by atoms with E-state index in [0.29, 0.717) is 10.2 Å². The number of rotatable bonds is 5. The molecule has 0 radical (unpaired) electrons. The second-order valence-corrected chi connectivity index (χ2v) is 6.59. The maximum Gasteiger partial charge on any atom is 0.274 e. The summed E-state index contributed by atoms with van der Waals surface area (Å²) in [6.07, 6.45) is 2.69. The molecule has 110 valence electrons. The van der Waals surface area contributed by atoms with Gasteiger partial charge in [-0.3, -0.25) is 10.1 Å². The van der Waals surface area contributed by atoms with E-state index in [2.05, 4.69) is 29.8 Å². The van der Waals surface area contributed by atoms with Gasteiger partial charge in [0.2, 0.25) is 0 Å². The van der Waals surface area contributed by atoms with Gasteiger partial charge in [-0.05, 0) is 18.9 Å². The minimum Gasteiger partial charge on any atom is -0.489 e. The molecule has 0 amide bonds. The fourth-order valence-electron chi connectivity index (χ4n) is 2.90. The number of benzene rings is 1. The molecular weight excluding hydrogens is 346 g/mol. The number of hydrogen-bond donors (Lipinski definition) is 0. The Labute approximate surface area is 131 Å². The third-order valence-corrected chi connectivity index (χ3v) is 5.42. The summed E-state index contributed by atoms with van der Waals surface area (Å²) in [5.41, 5.74) is -0.00623. The van der Waals surface area contributed by atoms with Crippen LogP contribution in [0.3, 0.4) is 0 Å². The first kappa shape index (κ1) is 15.6. The molecule has 1 aromatic rings. The Morgan fingerprint density at radius 3 is 2.60 bits per heavy atom. The predicted octanol–water partition coefficient (Wildman–Crippen LogP) is 4.92. The summed E-state index contributed by atoms with van der Waals surface area (Å²) >= 11 is 9.62. The Kier molecular flexibility index (Phi) is 4.59. The Morgan fingerprint density at radius 2 is 2.10 bits per heavy atom. The van der Waals surface area contributed by atoms with Crippen LogP contribution in [0.1, 0.15) is 33.1 Å². The van der Waals surface area contributed by atoms with Gasteiger partial charge in [-0.2, -0.15) is 0 Å². The second kappa shape index (κ2) is 5.90. The van der Waals surface area contributed by atoms with E-state index in [1.54, 1.807) is 6.07 Å². The summed E-state index contributed by atoms with van der Waals surface area (Å²) in [6.45, 7) is 4.22. The number of nitrogens with zero attached hydrogens (tertiary/aromatic N) is 1. The molecule has 0 N–H and O–H groups in total. The van der Waals surface area contributed by atoms with E-state index in [1.165, 1.54) is 12.1 Å². The molecule has 0 bridgehead atoms. The molecule has 2 atom stereocenters. The quantitative estimate of drug-likeness (QED) is 0.424. The molecule has 20 heavy (non-hydrogen) atoms. The lowest BCUT2D eigenvalue weighted by molar-refractivity contribution is -0.385. The molecule has 1 fully saturated rings. The summed E-state index contributed by atoms with van der Waals surface area (Å²) in [5, 5.41) is 11.0. The van der Waals surface area contributed by atoms with Crippen LogP contribution in [0, 0.1) is 15.5 Å². The zero-order valence-corrected chi connectivity index (χ0v) is 13.8. The number of alkyl halides is 1. The molecule has 1 saturated carbocycles. The number of non-ortho nitro benzene ring substituents is 1. The Hall–Kier alpha value is -0.810. The Balaban J connectivity index is 2.21. The maximum atomic E-state index is 10.9. The molecule has 0 aliphatic heterocycles. The predicted molar refractivity (Wildman–Crippen MR) is 82.5 cm³/mol. The van der Waals surface area contributed by atoms with Gasteiger partial charge in [-0.15, -0.1) is 11.6 Å². The van der Waals surface area contributed by atoms with Gasteiger partial charge in [0.1, 0.15) is 11.9 Å². The van der Waals surface area contributed by atoms with E-state index in [4.69, 9.17) is 16.3 Å². The summed E-state index contributed by atoms with van der Waals surface area (Å²) in [6, 6.07) is 4.68. The third kappa shape index (κ3) is 2.66. The molecular formula is C14H17BrClNO3. The van der Waals surface area contributed by atoms with E-state index in [0.717, 1.165) is 19.3 Å². The minimum absolute atomic E-state index is 0.0221. The largest absolute Gasteiger partial charge is 0.489 e. The van der Waals surface area contributed by atoms with Crippen LogP contribution in [0.4, 0.5) is 5.69 Å². The average molecular weight is 363 g/mol. The highest BCUT2D eigenvalue weighted by molar-refractivity contribution is 9.10. The van der Waals surface area contributed by atoms with Gasteiger partial charge in [-0.1, -0.05) is 29.8 Å². The molecule has 0 aromatic heterocycles. The van der Waals surface area contributed by atoms with Crippen molar-refractivity contribution in [2.24, 2.45) is 5.41 Å². The van der Waals surface area contributed by atoms with Crippen LogP contribution in [-0.4, -0.2) is 16.4 Å². The van der Waals surface area contributed by atoms with Crippen LogP contribution in [0.25, 0.3) is 0 Å². The van der Waals surface area contributed by atoms with Crippen LogP contribution in [0.2, 0.25) is 0 Å². The first-order valence-electron chi connectivity index (χ1n) is 6.68. The van der Waals surface area contributed by atoms with Crippen molar-refractivity contribution in [1.82, 2.24) is 0 Å². The summed E-state index contributed by atoms with van der Waals surface area (Å²) in [5.74, 6) is 0.519. The lowest BCUT2D eigenvalue weighted by atomic mass is 9.62. The van der Waals surface area contributed by atoms with Crippen molar-refractivity contribution in [3.63, 3.8) is 0 Å². The summed E-state index contributed by atoms with van der Waals surface area (Å²) < 4.78 is 6.61. The SMILES string of the molecule is CCC1(CC)C(Cl)CC1Oc1cc(Br)cc([N+](=O)[O-])c1. The van der Waals surface area contributed by atoms with Crippen molar-refractivity contribution >= 4 is 33.2 Å². The second-order valence-electron chi connectivity index (χ2n) is 5.15. The number of nitro benzene ring substituents is 1. The van der Waals surface area contributed by atoms with Crippen LogP contribution in [0.15, 0.2) is 22.7 Å². The molecule has 2 rings (SSSR count). The van der Waals surface area contributed by atoms with Gasteiger partial charge in [-0.25, -0.2) is 0 Å². The van der Waals surface area contributed by atoms with Gasteiger partial charge in [0.15, 0.2) is 0 Å². The van der Waals surface area contributed by atoms with Crippen molar-refractivity contribution in [2.45, 2.75) is 44.6 Å². The number of ether oxygens (including phenoxy) is 1. The average Bonchev–Trinajstić information content (AvgIpc) is 2.39. The van der Waals surface area contributed by atoms with Crippen LogP contribution in [0.5, 0.6) is 5.75 Å². The van der Waals surface area contributed by atoms with Crippen molar-refractivity contribution in [2.75, 3.05) is 0 Å².